The summed E-state index contributed by atoms with van der Waals surface area (Å²) in [6.07, 6.45) is 0. The molecule has 0 atom stereocenters. The quantitative estimate of drug-likeness (QED) is 0.270. The highest BCUT2D eigenvalue weighted by Gasteiger charge is 2.30. The standard InChI is InChI=1S/C32H32N2O6/c1-33-31(35)23-15-17-25(37-3)29(39-19-21-11-7-5-8-12-21)27(23)28-24(32(36)34-2)16-18-26(38-4)30(28)40-20-22-13-9-6-10-14-22/h5-18H,19-20H2,1-4H3,(H,33,35)(H,34,36). The van der Waals surface area contributed by atoms with Crippen LogP contribution < -0.4 is 29.6 Å². The molecule has 0 aromatic heterocycles. The molecule has 0 spiro atoms. The predicted molar refractivity (Wildman–Crippen MR) is 153 cm³/mol. The third-order valence-corrected chi connectivity index (χ3v) is 6.33. The summed E-state index contributed by atoms with van der Waals surface area (Å²) in [6.45, 7) is 0.391. The zero-order chi connectivity index (χ0) is 28.5. The van der Waals surface area contributed by atoms with Crippen molar-refractivity contribution in [2.75, 3.05) is 28.3 Å². The summed E-state index contributed by atoms with van der Waals surface area (Å²) in [5.41, 5.74) is 3.06. The normalized spacial score (nSPS) is 10.4. The van der Waals surface area contributed by atoms with Gasteiger partial charge in [0, 0.05) is 25.2 Å². The van der Waals surface area contributed by atoms with Gasteiger partial charge in [0.2, 0.25) is 0 Å². The van der Waals surface area contributed by atoms with Crippen LogP contribution in [0, 0.1) is 0 Å². The summed E-state index contributed by atoms with van der Waals surface area (Å²) in [5, 5.41) is 5.38. The molecule has 206 valence electrons. The average molecular weight is 541 g/mol. The Morgan fingerprint density at radius 3 is 1.27 bits per heavy atom. The molecule has 4 rings (SSSR count). The molecule has 8 heteroatoms. The number of ether oxygens (including phenoxy) is 4. The first kappa shape index (κ1) is 28.0. The van der Waals surface area contributed by atoms with E-state index in [2.05, 4.69) is 10.6 Å². The van der Waals surface area contributed by atoms with Gasteiger partial charge in [0.1, 0.15) is 13.2 Å². The van der Waals surface area contributed by atoms with Crippen LogP contribution in [0.2, 0.25) is 0 Å². The summed E-state index contributed by atoms with van der Waals surface area (Å²) in [7, 11) is 6.12. The van der Waals surface area contributed by atoms with Gasteiger partial charge in [-0.1, -0.05) is 60.7 Å². The summed E-state index contributed by atoms with van der Waals surface area (Å²) >= 11 is 0. The molecule has 2 N–H and O–H groups in total. The molecule has 40 heavy (non-hydrogen) atoms. The molecule has 8 nitrogen and oxygen atoms in total. The Balaban J connectivity index is 2.01. The van der Waals surface area contributed by atoms with E-state index in [1.54, 1.807) is 38.4 Å². The third kappa shape index (κ3) is 6.02. The van der Waals surface area contributed by atoms with Crippen LogP contribution in [-0.2, 0) is 13.2 Å². The molecule has 0 saturated heterocycles. The molecule has 2 amide bonds. The molecule has 0 unspecified atom stereocenters. The Morgan fingerprint density at radius 1 is 0.575 bits per heavy atom. The van der Waals surface area contributed by atoms with Crippen LogP contribution in [0.5, 0.6) is 23.0 Å². The van der Waals surface area contributed by atoms with Crippen LogP contribution in [-0.4, -0.2) is 40.1 Å². The van der Waals surface area contributed by atoms with Crippen molar-refractivity contribution in [3.63, 3.8) is 0 Å². The summed E-state index contributed by atoms with van der Waals surface area (Å²) in [5.74, 6) is 0.603. The number of rotatable bonds is 11. The predicted octanol–water partition coefficient (Wildman–Crippen LogP) is 5.25. The molecule has 0 saturated carbocycles. The van der Waals surface area contributed by atoms with E-state index in [4.69, 9.17) is 18.9 Å². The van der Waals surface area contributed by atoms with Crippen molar-refractivity contribution in [1.82, 2.24) is 10.6 Å². The van der Waals surface area contributed by atoms with Crippen LogP contribution in [0.4, 0.5) is 0 Å². The molecule has 0 aliphatic carbocycles. The molecule has 4 aromatic carbocycles. The lowest BCUT2D eigenvalue weighted by atomic mass is 9.91. The highest BCUT2D eigenvalue weighted by atomic mass is 16.5. The number of hydrogen-bond donors (Lipinski definition) is 2. The molecular formula is C32H32N2O6. The van der Waals surface area contributed by atoms with E-state index in [1.165, 1.54) is 14.2 Å². The maximum absolute atomic E-state index is 13.2. The Morgan fingerprint density at radius 2 is 0.950 bits per heavy atom. The topological polar surface area (TPSA) is 95.1 Å². The Bertz CT molecular complexity index is 1360. The number of benzene rings is 4. The highest BCUT2D eigenvalue weighted by Crippen LogP contribution is 2.49. The van der Waals surface area contributed by atoms with Gasteiger partial charge in [0.15, 0.2) is 23.0 Å². The Hall–Kier alpha value is -4.98. The first-order chi connectivity index (χ1) is 19.5. The van der Waals surface area contributed by atoms with Crippen molar-refractivity contribution in [3.05, 3.63) is 107 Å². The molecule has 0 aliphatic heterocycles. The lowest BCUT2D eigenvalue weighted by Crippen LogP contribution is -2.22. The van der Waals surface area contributed by atoms with Gasteiger partial charge in [0.25, 0.3) is 11.8 Å². The van der Waals surface area contributed by atoms with E-state index in [-0.39, 0.29) is 47.7 Å². The zero-order valence-electron chi connectivity index (χ0n) is 22.9. The summed E-state index contributed by atoms with van der Waals surface area (Å²) in [4.78, 5) is 26.5. The maximum Gasteiger partial charge on any atom is 0.251 e. The van der Waals surface area contributed by atoms with E-state index >= 15 is 0 Å². The summed E-state index contributed by atoms with van der Waals surface area (Å²) < 4.78 is 24.1. The van der Waals surface area contributed by atoms with Crippen molar-refractivity contribution in [1.29, 1.82) is 0 Å². The van der Waals surface area contributed by atoms with Crippen LogP contribution >= 0.6 is 0 Å². The first-order valence-corrected chi connectivity index (χ1v) is 12.7. The lowest BCUT2D eigenvalue weighted by molar-refractivity contribution is 0.0953. The van der Waals surface area contributed by atoms with Gasteiger partial charge in [-0.25, -0.2) is 0 Å². The zero-order valence-corrected chi connectivity index (χ0v) is 22.9. The molecule has 0 aliphatic rings. The number of nitrogens with one attached hydrogen (secondary N) is 2. The second kappa shape index (κ2) is 13.2. The first-order valence-electron chi connectivity index (χ1n) is 12.7. The van der Waals surface area contributed by atoms with Gasteiger partial charge in [-0.2, -0.15) is 0 Å². The van der Waals surface area contributed by atoms with Crippen molar-refractivity contribution in [2.45, 2.75) is 13.2 Å². The molecule has 0 radical (unpaired) electrons. The van der Waals surface area contributed by atoms with Crippen molar-refractivity contribution >= 4 is 11.8 Å². The minimum absolute atomic E-state index is 0.195. The van der Waals surface area contributed by atoms with Gasteiger partial charge in [0.05, 0.1) is 25.3 Å². The number of hydrogen-bond acceptors (Lipinski definition) is 6. The fraction of sp³-hybridized carbons (Fsp3) is 0.188. The Kier molecular flexibility index (Phi) is 9.25. The van der Waals surface area contributed by atoms with E-state index in [0.717, 1.165) is 11.1 Å². The fourth-order valence-corrected chi connectivity index (χ4v) is 4.34. The Labute approximate surface area is 233 Å². The fourth-order valence-electron chi connectivity index (χ4n) is 4.34. The minimum atomic E-state index is -0.373. The second-order valence-corrected chi connectivity index (χ2v) is 8.75. The van der Waals surface area contributed by atoms with Crippen molar-refractivity contribution in [3.8, 4) is 34.1 Å². The third-order valence-electron chi connectivity index (χ3n) is 6.33. The van der Waals surface area contributed by atoms with Crippen LogP contribution in [0.15, 0.2) is 84.9 Å². The van der Waals surface area contributed by atoms with Gasteiger partial charge in [-0.3, -0.25) is 9.59 Å². The largest absolute Gasteiger partial charge is 0.493 e. The second-order valence-electron chi connectivity index (χ2n) is 8.75. The van der Waals surface area contributed by atoms with Crippen molar-refractivity contribution in [2.24, 2.45) is 0 Å². The van der Waals surface area contributed by atoms with E-state index in [9.17, 15) is 9.59 Å². The molecular weight excluding hydrogens is 508 g/mol. The van der Waals surface area contributed by atoms with Crippen LogP contribution in [0.3, 0.4) is 0 Å². The van der Waals surface area contributed by atoms with E-state index in [1.807, 2.05) is 60.7 Å². The van der Waals surface area contributed by atoms with Gasteiger partial charge < -0.3 is 29.6 Å². The number of carbonyl (C=O) groups is 2. The van der Waals surface area contributed by atoms with Crippen molar-refractivity contribution < 1.29 is 28.5 Å². The van der Waals surface area contributed by atoms with Crippen LogP contribution in [0.1, 0.15) is 31.8 Å². The van der Waals surface area contributed by atoms with Gasteiger partial charge in [-0.15, -0.1) is 0 Å². The SMILES string of the molecule is CNC(=O)c1ccc(OC)c(OCc2ccccc2)c1-c1c(C(=O)NC)ccc(OC)c1OCc1ccccc1. The molecule has 0 fully saturated rings. The van der Waals surface area contributed by atoms with E-state index < -0.39 is 0 Å². The monoisotopic (exact) mass is 540 g/mol. The molecule has 4 aromatic rings. The minimum Gasteiger partial charge on any atom is -0.493 e. The van der Waals surface area contributed by atoms with Crippen LogP contribution in [0.25, 0.3) is 11.1 Å². The number of carbonyl (C=O) groups excluding carboxylic acids is 2. The molecule has 0 bridgehead atoms. The maximum atomic E-state index is 13.2. The smallest absolute Gasteiger partial charge is 0.251 e. The van der Waals surface area contributed by atoms with Gasteiger partial charge >= 0.3 is 0 Å². The number of methoxy groups -OCH3 is 2. The van der Waals surface area contributed by atoms with E-state index in [0.29, 0.717) is 22.6 Å². The number of amides is 2. The lowest BCUT2D eigenvalue weighted by Gasteiger charge is -2.23. The summed E-state index contributed by atoms with van der Waals surface area (Å²) in [6, 6.07) is 25.8. The average Bonchev–Trinajstić information content (AvgIpc) is 3.01. The highest BCUT2D eigenvalue weighted by molar-refractivity contribution is 6.10. The molecule has 0 heterocycles. The van der Waals surface area contributed by atoms with Gasteiger partial charge in [-0.05, 0) is 35.4 Å².